The van der Waals surface area contributed by atoms with E-state index in [1.807, 2.05) is 11.4 Å². The molecule has 2 aliphatic rings. The average Bonchev–Trinajstić information content (AvgIpc) is 3.11. The number of thiazole rings is 1. The predicted molar refractivity (Wildman–Crippen MR) is 116 cm³/mol. The number of nitrogens with one attached hydrogen (secondary N) is 1. The highest BCUT2D eigenvalue weighted by Crippen LogP contribution is 2.41. The van der Waals surface area contributed by atoms with Crippen LogP contribution in [-0.4, -0.2) is 34.1 Å². The second-order valence-electron chi connectivity index (χ2n) is 8.37. The van der Waals surface area contributed by atoms with E-state index in [9.17, 15) is 14.9 Å². The Morgan fingerprint density at radius 3 is 2.57 bits per heavy atom. The summed E-state index contributed by atoms with van der Waals surface area (Å²) < 4.78 is 0. The van der Waals surface area contributed by atoms with E-state index in [1.165, 1.54) is 5.56 Å². The van der Waals surface area contributed by atoms with E-state index in [1.54, 1.807) is 17.4 Å². The van der Waals surface area contributed by atoms with Crippen LogP contribution in [0, 0.1) is 16.0 Å². The fourth-order valence-corrected chi connectivity index (χ4v) is 5.68. The molecule has 0 bridgehead atoms. The number of benzene rings is 1. The third kappa shape index (κ3) is 4.70. The van der Waals surface area contributed by atoms with Gasteiger partial charge < -0.3 is 10.4 Å². The molecule has 0 unspecified atom stereocenters. The molecule has 2 aromatic rings. The highest BCUT2D eigenvalue weighted by atomic mass is 32.1. The number of carboxylic acids is 1. The lowest BCUT2D eigenvalue weighted by Gasteiger charge is -2.26. The fourth-order valence-electron chi connectivity index (χ4n) is 4.69. The summed E-state index contributed by atoms with van der Waals surface area (Å²) in [5, 5.41) is 27.0. The summed E-state index contributed by atoms with van der Waals surface area (Å²) in [6, 6.07) is 3.71. The summed E-state index contributed by atoms with van der Waals surface area (Å²) >= 11 is 1.59. The maximum absolute atomic E-state index is 11.7. The maximum atomic E-state index is 11.7. The van der Waals surface area contributed by atoms with Gasteiger partial charge in [-0.3, -0.25) is 14.9 Å². The topological polar surface area (TPSA) is 105 Å². The standard InChI is InChI=1S/C22H27N3O4S/c26-21(27)6-3-14-1-4-15(5-2-14)22-24-19(13-30-22)18-11-16-7-9-23-10-8-17(16)12-20(18)25(28)29/h11-15,23H,1-10H2,(H,26,27)/t14-,15-. The van der Waals surface area contributed by atoms with Crippen molar-refractivity contribution in [3.05, 3.63) is 43.8 Å². The van der Waals surface area contributed by atoms with Crippen LogP contribution in [0.15, 0.2) is 17.5 Å². The van der Waals surface area contributed by atoms with E-state index in [4.69, 9.17) is 10.1 Å². The number of nitro benzene ring substituents is 1. The van der Waals surface area contributed by atoms with Crippen LogP contribution in [0.5, 0.6) is 0 Å². The Balaban J connectivity index is 1.52. The van der Waals surface area contributed by atoms with Crippen LogP contribution in [0.3, 0.4) is 0 Å². The third-order valence-corrected chi connectivity index (χ3v) is 7.42. The van der Waals surface area contributed by atoms with Gasteiger partial charge in [0.2, 0.25) is 0 Å². The number of hydrogen-bond acceptors (Lipinski definition) is 6. The molecule has 0 amide bonds. The molecule has 1 aromatic heterocycles. The Hall–Kier alpha value is -2.32. The Labute approximate surface area is 179 Å². The van der Waals surface area contributed by atoms with Crippen molar-refractivity contribution in [2.75, 3.05) is 13.1 Å². The van der Waals surface area contributed by atoms with Crippen molar-refractivity contribution >= 4 is 23.0 Å². The van der Waals surface area contributed by atoms with Gasteiger partial charge in [0.05, 0.1) is 21.2 Å². The first-order chi connectivity index (χ1) is 14.5. The van der Waals surface area contributed by atoms with Gasteiger partial charge in [0.1, 0.15) is 0 Å². The first kappa shape index (κ1) is 20.9. The van der Waals surface area contributed by atoms with Crippen LogP contribution < -0.4 is 5.32 Å². The van der Waals surface area contributed by atoms with E-state index in [-0.39, 0.29) is 17.0 Å². The van der Waals surface area contributed by atoms with Crippen LogP contribution in [0.4, 0.5) is 5.69 Å². The number of carboxylic acid groups (broad SMARTS) is 1. The fraction of sp³-hybridized carbons (Fsp3) is 0.545. The van der Waals surface area contributed by atoms with Crippen molar-refractivity contribution in [2.45, 2.75) is 57.3 Å². The van der Waals surface area contributed by atoms with Crippen LogP contribution in [0.2, 0.25) is 0 Å². The molecule has 8 heteroatoms. The van der Waals surface area contributed by atoms with Crippen molar-refractivity contribution < 1.29 is 14.8 Å². The largest absolute Gasteiger partial charge is 0.481 e. The van der Waals surface area contributed by atoms with Crippen molar-refractivity contribution in [3.8, 4) is 11.3 Å². The van der Waals surface area contributed by atoms with Gasteiger partial charge in [0, 0.05) is 23.8 Å². The number of rotatable bonds is 6. The first-order valence-electron chi connectivity index (χ1n) is 10.7. The molecule has 1 fully saturated rings. The molecule has 0 spiro atoms. The molecule has 0 radical (unpaired) electrons. The lowest BCUT2D eigenvalue weighted by molar-refractivity contribution is -0.384. The predicted octanol–water partition coefficient (Wildman–Crippen LogP) is 4.55. The van der Waals surface area contributed by atoms with Gasteiger partial charge in [-0.05, 0) is 81.1 Å². The molecule has 4 rings (SSSR count). The van der Waals surface area contributed by atoms with Gasteiger partial charge in [-0.1, -0.05) is 0 Å². The quantitative estimate of drug-likeness (QED) is 0.516. The molecule has 0 atom stereocenters. The smallest absolute Gasteiger partial charge is 0.303 e. The minimum Gasteiger partial charge on any atom is -0.481 e. The molecular formula is C22H27N3O4S. The van der Waals surface area contributed by atoms with Gasteiger partial charge in [-0.15, -0.1) is 11.3 Å². The highest BCUT2D eigenvalue weighted by Gasteiger charge is 2.27. The number of nitro groups is 1. The van der Waals surface area contributed by atoms with Gasteiger partial charge in [-0.25, -0.2) is 4.98 Å². The van der Waals surface area contributed by atoms with Crippen LogP contribution >= 0.6 is 11.3 Å². The normalized spacial score (nSPS) is 21.6. The molecule has 160 valence electrons. The van der Waals surface area contributed by atoms with E-state index in [2.05, 4.69) is 5.32 Å². The second kappa shape index (κ2) is 9.22. The number of fused-ring (bicyclic) bond motifs is 1. The van der Waals surface area contributed by atoms with Crippen LogP contribution in [0.1, 0.15) is 60.6 Å². The molecule has 1 aliphatic heterocycles. The third-order valence-electron chi connectivity index (χ3n) is 6.42. The van der Waals surface area contributed by atoms with E-state index < -0.39 is 5.97 Å². The summed E-state index contributed by atoms with van der Waals surface area (Å²) in [4.78, 5) is 27.1. The Morgan fingerprint density at radius 2 is 1.90 bits per heavy atom. The van der Waals surface area contributed by atoms with Crippen LogP contribution in [-0.2, 0) is 17.6 Å². The van der Waals surface area contributed by atoms with E-state index in [0.717, 1.165) is 68.6 Å². The number of nitrogens with zero attached hydrogens (tertiary/aromatic N) is 2. The number of hydrogen-bond donors (Lipinski definition) is 2. The zero-order chi connectivity index (χ0) is 21.1. The monoisotopic (exact) mass is 429 g/mol. The molecule has 30 heavy (non-hydrogen) atoms. The van der Waals surface area contributed by atoms with Gasteiger partial charge in [0.25, 0.3) is 5.69 Å². The van der Waals surface area contributed by atoms with Crippen molar-refractivity contribution in [3.63, 3.8) is 0 Å². The second-order valence-corrected chi connectivity index (χ2v) is 9.26. The maximum Gasteiger partial charge on any atom is 0.303 e. The molecular weight excluding hydrogens is 402 g/mol. The Kier molecular flexibility index (Phi) is 6.43. The van der Waals surface area contributed by atoms with E-state index >= 15 is 0 Å². The zero-order valence-corrected chi connectivity index (χ0v) is 17.7. The molecule has 0 saturated heterocycles. The molecule has 1 aliphatic carbocycles. The molecule has 7 nitrogen and oxygen atoms in total. The average molecular weight is 430 g/mol. The highest BCUT2D eigenvalue weighted by molar-refractivity contribution is 7.10. The van der Waals surface area contributed by atoms with Crippen molar-refractivity contribution in [2.24, 2.45) is 5.92 Å². The molecule has 1 saturated carbocycles. The Bertz CT molecular complexity index is 934. The van der Waals surface area contributed by atoms with Crippen molar-refractivity contribution in [1.82, 2.24) is 10.3 Å². The summed E-state index contributed by atoms with van der Waals surface area (Å²) in [7, 11) is 0. The van der Waals surface area contributed by atoms with E-state index in [0.29, 0.717) is 23.1 Å². The minimum atomic E-state index is -0.722. The minimum absolute atomic E-state index is 0.143. The van der Waals surface area contributed by atoms with Gasteiger partial charge in [-0.2, -0.15) is 0 Å². The Morgan fingerprint density at radius 1 is 1.20 bits per heavy atom. The molecule has 2 N–H and O–H groups in total. The summed E-state index contributed by atoms with van der Waals surface area (Å²) in [6.07, 6.45) is 6.75. The molecule has 2 heterocycles. The molecule has 1 aromatic carbocycles. The van der Waals surface area contributed by atoms with Gasteiger partial charge in [0.15, 0.2) is 0 Å². The SMILES string of the molecule is O=C(O)CC[C@H]1CC[C@H](c2nc(-c3cc4c(cc3[N+](=O)[O-])CCNCC4)cs2)CC1. The summed E-state index contributed by atoms with van der Waals surface area (Å²) in [5.41, 5.74) is 3.71. The first-order valence-corrected chi connectivity index (χ1v) is 11.6. The number of aliphatic carboxylic acids is 1. The lowest BCUT2D eigenvalue weighted by atomic mass is 9.80. The lowest BCUT2D eigenvalue weighted by Crippen LogP contribution is -2.16. The summed E-state index contributed by atoms with van der Waals surface area (Å²) in [5.74, 6) is 0.129. The number of carbonyl (C=O) groups is 1. The zero-order valence-electron chi connectivity index (χ0n) is 16.9. The van der Waals surface area contributed by atoms with Crippen molar-refractivity contribution in [1.29, 1.82) is 0 Å². The number of aromatic nitrogens is 1. The van der Waals surface area contributed by atoms with Crippen LogP contribution in [0.25, 0.3) is 11.3 Å². The summed E-state index contributed by atoms with van der Waals surface area (Å²) in [6.45, 7) is 1.73. The van der Waals surface area contributed by atoms with Gasteiger partial charge >= 0.3 is 5.97 Å².